The van der Waals surface area contributed by atoms with Gasteiger partial charge in [-0.15, -0.1) is 24.0 Å². The molecule has 0 aliphatic heterocycles. The first-order valence-electron chi connectivity index (χ1n) is 7.82. The second-order valence-corrected chi connectivity index (χ2v) is 5.54. The summed E-state index contributed by atoms with van der Waals surface area (Å²) in [6, 6.07) is 0.572. The molecule has 0 bridgehead atoms. The number of nitrogens with zero attached hydrogens (tertiary/aromatic N) is 2. The monoisotopic (exact) mass is 398 g/mol. The van der Waals surface area contributed by atoms with Crippen LogP contribution in [0.5, 0.6) is 0 Å². The van der Waals surface area contributed by atoms with Crippen molar-refractivity contribution in [3.05, 3.63) is 0 Å². The maximum Gasteiger partial charge on any atom is 0.188 e. The van der Waals surface area contributed by atoms with Gasteiger partial charge in [-0.1, -0.05) is 39.0 Å². The van der Waals surface area contributed by atoms with E-state index in [0.29, 0.717) is 12.0 Å². The third kappa shape index (κ3) is 14.4. The molecule has 5 heteroatoms. The van der Waals surface area contributed by atoms with Gasteiger partial charge in [0.05, 0.1) is 0 Å². The molecular formula is C15H35IN4. The molecule has 0 spiro atoms. The summed E-state index contributed by atoms with van der Waals surface area (Å²) in [7, 11) is 2.12. The second kappa shape index (κ2) is 15.4. The summed E-state index contributed by atoms with van der Waals surface area (Å²) in [5.74, 6) is 0.589. The lowest BCUT2D eigenvalue weighted by Crippen LogP contribution is -2.39. The van der Waals surface area contributed by atoms with Crippen molar-refractivity contribution in [1.82, 2.24) is 10.2 Å². The number of rotatable bonds is 11. The third-order valence-corrected chi connectivity index (χ3v) is 3.45. The molecule has 0 fully saturated rings. The van der Waals surface area contributed by atoms with Gasteiger partial charge in [0, 0.05) is 25.7 Å². The van der Waals surface area contributed by atoms with Gasteiger partial charge in [0.25, 0.3) is 0 Å². The molecule has 0 unspecified atom stereocenters. The number of nitrogens with one attached hydrogen (secondary N) is 1. The Balaban J connectivity index is 0. The van der Waals surface area contributed by atoms with Crippen LogP contribution in [0.3, 0.4) is 0 Å². The quantitative estimate of drug-likeness (QED) is 0.243. The van der Waals surface area contributed by atoms with Gasteiger partial charge < -0.3 is 16.0 Å². The van der Waals surface area contributed by atoms with Gasteiger partial charge in [0.2, 0.25) is 0 Å². The summed E-state index contributed by atoms with van der Waals surface area (Å²) >= 11 is 0. The van der Waals surface area contributed by atoms with E-state index in [1.165, 1.54) is 32.1 Å². The van der Waals surface area contributed by atoms with Crippen LogP contribution in [0.1, 0.15) is 59.3 Å². The predicted octanol–water partition coefficient (Wildman–Crippen LogP) is 3.21. The molecule has 122 valence electrons. The van der Waals surface area contributed by atoms with Gasteiger partial charge in [-0.2, -0.15) is 0 Å². The lowest BCUT2D eigenvalue weighted by molar-refractivity contribution is 0.278. The molecule has 0 saturated carbocycles. The lowest BCUT2D eigenvalue weighted by Gasteiger charge is -2.20. The Kier molecular flexibility index (Phi) is 17.1. The number of nitrogens with two attached hydrogens (primary N) is 1. The van der Waals surface area contributed by atoms with Crippen molar-refractivity contribution >= 4 is 29.9 Å². The Morgan fingerprint density at radius 2 is 1.75 bits per heavy atom. The zero-order valence-electron chi connectivity index (χ0n) is 13.8. The minimum atomic E-state index is 0. The van der Waals surface area contributed by atoms with Crippen molar-refractivity contribution in [2.45, 2.75) is 65.3 Å². The molecule has 0 saturated heterocycles. The van der Waals surface area contributed by atoms with Crippen molar-refractivity contribution in [1.29, 1.82) is 0 Å². The largest absolute Gasteiger partial charge is 0.370 e. The van der Waals surface area contributed by atoms with Crippen LogP contribution < -0.4 is 11.1 Å². The zero-order valence-corrected chi connectivity index (χ0v) is 16.2. The van der Waals surface area contributed by atoms with Gasteiger partial charge in [0.1, 0.15) is 0 Å². The topological polar surface area (TPSA) is 53.6 Å². The van der Waals surface area contributed by atoms with Crippen molar-refractivity contribution in [3.8, 4) is 0 Å². The number of unbranched alkanes of at least 4 members (excludes halogenated alkanes) is 5. The summed E-state index contributed by atoms with van der Waals surface area (Å²) < 4.78 is 0. The van der Waals surface area contributed by atoms with Crippen molar-refractivity contribution in [3.63, 3.8) is 0 Å². The first kappa shape index (κ1) is 22.2. The van der Waals surface area contributed by atoms with E-state index < -0.39 is 0 Å². The number of hydrogen-bond acceptors (Lipinski definition) is 2. The molecule has 0 rings (SSSR count). The third-order valence-electron chi connectivity index (χ3n) is 3.45. The molecule has 0 amide bonds. The maximum absolute atomic E-state index is 5.82. The van der Waals surface area contributed by atoms with Gasteiger partial charge in [0.15, 0.2) is 5.96 Å². The molecule has 3 N–H and O–H groups in total. The number of halogens is 1. The van der Waals surface area contributed by atoms with Crippen LogP contribution in [0.15, 0.2) is 4.99 Å². The van der Waals surface area contributed by atoms with E-state index in [1.807, 2.05) is 0 Å². The second-order valence-electron chi connectivity index (χ2n) is 5.54. The molecule has 0 aliphatic rings. The fraction of sp³-hybridized carbons (Fsp3) is 0.933. The van der Waals surface area contributed by atoms with Crippen LogP contribution in [0.4, 0.5) is 0 Å². The van der Waals surface area contributed by atoms with Gasteiger partial charge in [-0.3, -0.25) is 4.99 Å². The Bertz CT molecular complexity index is 232. The standard InChI is InChI=1S/C15H34N4.HI/c1-5-6-7-8-9-10-11-17-15(16)18-12-13-19(4)14(2)3;/h14H,5-13H2,1-4H3,(H3,16,17,18);1H. The van der Waals surface area contributed by atoms with E-state index in [9.17, 15) is 0 Å². The molecule has 0 aromatic heterocycles. The van der Waals surface area contributed by atoms with E-state index in [4.69, 9.17) is 5.73 Å². The maximum atomic E-state index is 5.82. The molecule has 4 nitrogen and oxygen atoms in total. The average Bonchev–Trinajstić information content (AvgIpc) is 2.37. The summed E-state index contributed by atoms with van der Waals surface area (Å²) in [4.78, 5) is 6.63. The molecule has 20 heavy (non-hydrogen) atoms. The minimum Gasteiger partial charge on any atom is -0.370 e. The Hall–Kier alpha value is -0.0400. The van der Waals surface area contributed by atoms with Crippen LogP contribution >= 0.6 is 24.0 Å². The fourth-order valence-corrected chi connectivity index (χ4v) is 1.77. The summed E-state index contributed by atoms with van der Waals surface area (Å²) in [6.45, 7) is 9.33. The van der Waals surface area contributed by atoms with Gasteiger partial charge >= 0.3 is 0 Å². The van der Waals surface area contributed by atoms with Crippen LogP contribution in [-0.4, -0.2) is 43.6 Å². The van der Waals surface area contributed by atoms with Crippen molar-refractivity contribution in [2.24, 2.45) is 10.7 Å². The number of hydrogen-bond donors (Lipinski definition) is 2. The summed E-state index contributed by atoms with van der Waals surface area (Å²) in [5, 5.41) is 3.17. The molecule has 0 heterocycles. The summed E-state index contributed by atoms with van der Waals surface area (Å²) in [5.41, 5.74) is 5.82. The highest BCUT2D eigenvalue weighted by Crippen LogP contribution is 2.04. The van der Waals surface area contributed by atoms with Crippen LogP contribution in [0.25, 0.3) is 0 Å². The predicted molar refractivity (Wildman–Crippen MR) is 101 cm³/mol. The Labute approximate surface area is 143 Å². The highest BCUT2D eigenvalue weighted by Gasteiger charge is 2.01. The SMILES string of the molecule is CCCCCCCCN=C(N)NCCN(C)C(C)C.I. The normalized spacial score (nSPS) is 11.8. The van der Waals surface area contributed by atoms with Crippen molar-refractivity contribution in [2.75, 3.05) is 26.7 Å². The van der Waals surface area contributed by atoms with Crippen LogP contribution in [0.2, 0.25) is 0 Å². The van der Waals surface area contributed by atoms with Crippen molar-refractivity contribution < 1.29 is 0 Å². The lowest BCUT2D eigenvalue weighted by atomic mass is 10.1. The Morgan fingerprint density at radius 3 is 2.35 bits per heavy atom. The molecule has 0 aromatic rings. The van der Waals surface area contributed by atoms with E-state index in [2.05, 4.69) is 43.0 Å². The highest BCUT2D eigenvalue weighted by atomic mass is 127. The zero-order chi connectivity index (χ0) is 14.5. The smallest absolute Gasteiger partial charge is 0.188 e. The summed E-state index contributed by atoms with van der Waals surface area (Å²) in [6.07, 6.45) is 7.77. The molecule has 0 aliphatic carbocycles. The van der Waals surface area contributed by atoms with E-state index in [-0.39, 0.29) is 24.0 Å². The number of likely N-dealkylation sites (N-methyl/N-ethyl adjacent to an activating group) is 1. The molecule has 0 atom stereocenters. The van der Waals surface area contributed by atoms with Crippen LogP contribution in [0, 0.1) is 0 Å². The van der Waals surface area contributed by atoms with Gasteiger partial charge in [-0.05, 0) is 27.3 Å². The molecule has 0 aromatic carbocycles. The molecule has 0 radical (unpaired) electrons. The van der Waals surface area contributed by atoms with Gasteiger partial charge in [-0.25, -0.2) is 0 Å². The van der Waals surface area contributed by atoms with E-state index >= 15 is 0 Å². The first-order chi connectivity index (χ1) is 9.07. The minimum absolute atomic E-state index is 0. The highest BCUT2D eigenvalue weighted by molar-refractivity contribution is 14.0. The number of aliphatic imine (C=N–C) groups is 1. The first-order valence-corrected chi connectivity index (χ1v) is 7.82. The fourth-order valence-electron chi connectivity index (χ4n) is 1.77. The Morgan fingerprint density at radius 1 is 1.15 bits per heavy atom. The molecular weight excluding hydrogens is 363 g/mol. The number of guanidine groups is 1. The van der Waals surface area contributed by atoms with E-state index in [0.717, 1.165) is 26.1 Å². The van der Waals surface area contributed by atoms with Crippen LogP contribution in [-0.2, 0) is 0 Å². The van der Waals surface area contributed by atoms with E-state index in [1.54, 1.807) is 0 Å². The average molecular weight is 398 g/mol.